The molecule has 0 aliphatic carbocycles. The molecule has 0 heterocycles. The van der Waals surface area contributed by atoms with Crippen LogP contribution in [-0.4, -0.2) is 37.7 Å². The van der Waals surface area contributed by atoms with Gasteiger partial charge in [0.2, 0.25) is 0 Å². The van der Waals surface area contributed by atoms with E-state index in [1.165, 1.54) is 51.4 Å². The van der Waals surface area contributed by atoms with E-state index in [2.05, 4.69) is 11.8 Å². The molecule has 122 valence electrons. The van der Waals surface area contributed by atoms with E-state index in [0.29, 0.717) is 0 Å². The first-order chi connectivity index (χ1) is 9.50. The van der Waals surface area contributed by atoms with Gasteiger partial charge in [-0.05, 0) is 27.6 Å². The smallest absolute Gasteiger partial charge is 0.294 e. The second-order valence-corrected chi connectivity index (χ2v) is 5.58. The highest BCUT2D eigenvalue weighted by atomic mass is 16.9. The standard InChI is InChI=1S/C12H25NO3.C3H9N/c1-2-3-4-5-6-7-8-9-10-11-12-16-13(14)15;1-4(2)3/h2-12H2,1H3;1-3H3. The van der Waals surface area contributed by atoms with Crippen LogP contribution in [0.5, 0.6) is 0 Å². The third kappa shape index (κ3) is 30.3. The lowest BCUT2D eigenvalue weighted by Crippen LogP contribution is -2.01. The van der Waals surface area contributed by atoms with Crippen molar-refractivity contribution in [3.8, 4) is 0 Å². The van der Waals surface area contributed by atoms with E-state index in [9.17, 15) is 10.1 Å². The Balaban J connectivity index is 0. The molecule has 0 aliphatic heterocycles. The van der Waals surface area contributed by atoms with Crippen molar-refractivity contribution in [1.29, 1.82) is 0 Å². The lowest BCUT2D eigenvalue weighted by atomic mass is 10.1. The van der Waals surface area contributed by atoms with Gasteiger partial charge in [0.1, 0.15) is 0 Å². The van der Waals surface area contributed by atoms with Crippen LogP contribution in [0, 0.1) is 10.1 Å². The Bertz CT molecular complexity index is 197. The van der Waals surface area contributed by atoms with E-state index in [1.54, 1.807) is 0 Å². The van der Waals surface area contributed by atoms with Crippen LogP contribution in [0.15, 0.2) is 0 Å². The van der Waals surface area contributed by atoms with Gasteiger partial charge in [-0.1, -0.05) is 64.7 Å². The summed E-state index contributed by atoms with van der Waals surface area (Å²) in [5.74, 6) is 0. The molecule has 0 aromatic heterocycles. The average molecular weight is 290 g/mol. The van der Waals surface area contributed by atoms with Crippen LogP contribution in [0.25, 0.3) is 0 Å². The van der Waals surface area contributed by atoms with E-state index in [4.69, 9.17) is 0 Å². The van der Waals surface area contributed by atoms with Gasteiger partial charge < -0.3 is 9.74 Å². The van der Waals surface area contributed by atoms with Gasteiger partial charge in [0.05, 0.1) is 6.61 Å². The van der Waals surface area contributed by atoms with Crippen LogP contribution in [0.1, 0.15) is 71.1 Å². The molecule has 0 N–H and O–H groups in total. The van der Waals surface area contributed by atoms with E-state index in [1.807, 2.05) is 26.0 Å². The molecular formula is C15H34N2O3. The van der Waals surface area contributed by atoms with Crippen LogP contribution in [-0.2, 0) is 4.84 Å². The molecule has 0 spiro atoms. The zero-order chi connectivity index (χ0) is 15.6. The average Bonchev–Trinajstić information content (AvgIpc) is 2.35. The summed E-state index contributed by atoms with van der Waals surface area (Å²) < 4.78 is 0. The highest BCUT2D eigenvalue weighted by molar-refractivity contribution is 4.46. The van der Waals surface area contributed by atoms with Crippen molar-refractivity contribution >= 4 is 0 Å². The third-order valence-corrected chi connectivity index (χ3v) is 2.69. The Morgan fingerprint density at radius 1 is 0.850 bits per heavy atom. The highest BCUT2D eigenvalue weighted by Gasteiger charge is 1.95. The maximum Gasteiger partial charge on any atom is 0.294 e. The van der Waals surface area contributed by atoms with Crippen molar-refractivity contribution in [3.63, 3.8) is 0 Å². The van der Waals surface area contributed by atoms with E-state index in [0.717, 1.165) is 12.8 Å². The van der Waals surface area contributed by atoms with Gasteiger partial charge >= 0.3 is 0 Å². The minimum Gasteiger partial charge on any atom is -0.314 e. The first kappa shape index (κ1) is 21.5. The van der Waals surface area contributed by atoms with Crippen LogP contribution in [0.3, 0.4) is 0 Å². The molecule has 0 bridgehead atoms. The van der Waals surface area contributed by atoms with Gasteiger partial charge in [-0.25, -0.2) is 0 Å². The topological polar surface area (TPSA) is 55.6 Å². The monoisotopic (exact) mass is 290 g/mol. The zero-order valence-electron chi connectivity index (χ0n) is 13.9. The van der Waals surface area contributed by atoms with E-state index < -0.39 is 5.09 Å². The first-order valence-corrected chi connectivity index (χ1v) is 7.89. The predicted molar refractivity (Wildman–Crippen MR) is 84.4 cm³/mol. The summed E-state index contributed by atoms with van der Waals surface area (Å²) in [5.41, 5.74) is 0. The third-order valence-electron chi connectivity index (χ3n) is 2.69. The maximum atomic E-state index is 9.84. The molecule has 5 heteroatoms. The molecular weight excluding hydrogens is 256 g/mol. The number of unbranched alkanes of at least 4 members (excludes halogenated alkanes) is 9. The van der Waals surface area contributed by atoms with Gasteiger partial charge in [-0.3, -0.25) is 0 Å². The highest BCUT2D eigenvalue weighted by Crippen LogP contribution is 2.10. The Morgan fingerprint density at radius 3 is 1.55 bits per heavy atom. The SMILES string of the molecule is CCCCCCCCCCCCO[N+](=O)[O-].CN(C)C. The molecule has 0 amide bonds. The molecule has 0 saturated heterocycles. The Kier molecular flexibility index (Phi) is 19.5. The summed E-state index contributed by atoms with van der Waals surface area (Å²) in [5, 5.41) is 9.13. The minimum atomic E-state index is -0.715. The molecule has 0 fully saturated rings. The molecule has 0 aliphatic rings. The normalized spacial score (nSPS) is 10.1. The van der Waals surface area contributed by atoms with Crippen molar-refractivity contribution in [2.75, 3.05) is 27.7 Å². The van der Waals surface area contributed by atoms with Crippen LogP contribution < -0.4 is 0 Å². The fourth-order valence-electron chi connectivity index (χ4n) is 1.73. The molecule has 0 saturated carbocycles. The summed E-state index contributed by atoms with van der Waals surface area (Å²) in [7, 11) is 6.00. The van der Waals surface area contributed by atoms with Crippen molar-refractivity contribution < 1.29 is 9.92 Å². The Hall–Kier alpha value is -0.840. The van der Waals surface area contributed by atoms with Crippen molar-refractivity contribution in [3.05, 3.63) is 10.1 Å². The summed E-state index contributed by atoms with van der Waals surface area (Å²) in [6.07, 6.45) is 12.3. The fourth-order valence-corrected chi connectivity index (χ4v) is 1.73. The lowest BCUT2D eigenvalue weighted by molar-refractivity contribution is -0.757. The Morgan fingerprint density at radius 2 is 1.20 bits per heavy atom. The van der Waals surface area contributed by atoms with Gasteiger partial charge in [-0.15, -0.1) is 10.1 Å². The molecule has 5 nitrogen and oxygen atoms in total. The summed E-state index contributed by atoms with van der Waals surface area (Å²) >= 11 is 0. The van der Waals surface area contributed by atoms with Gasteiger partial charge in [-0.2, -0.15) is 0 Å². The molecule has 0 aromatic carbocycles. The summed E-state index contributed by atoms with van der Waals surface area (Å²) in [6, 6.07) is 0. The van der Waals surface area contributed by atoms with E-state index >= 15 is 0 Å². The minimum absolute atomic E-state index is 0.253. The Labute approximate surface area is 124 Å². The number of nitrogens with zero attached hydrogens (tertiary/aromatic N) is 2. The predicted octanol–water partition coefficient (Wildman–Crippen LogP) is 4.29. The quantitative estimate of drug-likeness (QED) is 0.305. The largest absolute Gasteiger partial charge is 0.314 e. The molecule has 20 heavy (non-hydrogen) atoms. The lowest BCUT2D eigenvalue weighted by Gasteiger charge is -2.01. The van der Waals surface area contributed by atoms with Crippen molar-refractivity contribution in [2.24, 2.45) is 0 Å². The molecule has 0 atom stereocenters. The van der Waals surface area contributed by atoms with Crippen LogP contribution >= 0.6 is 0 Å². The number of hydrogen-bond acceptors (Lipinski definition) is 4. The molecule has 0 rings (SSSR count). The second kappa shape index (κ2) is 18.2. The second-order valence-electron chi connectivity index (χ2n) is 5.58. The number of hydrogen-bond donors (Lipinski definition) is 0. The van der Waals surface area contributed by atoms with Crippen molar-refractivity contribution in [2.45, 2.75) is 71.1 Å². The molecule has 0 aromatic rings. The van der Waals surface area contributed by atoms with Gasteiger partial charge in [0.25, 0.3) is 5.09 Å². The van der Waals surface area contributed by atoms with Crippen LogP contribution in [0.4, 0.5) is 0 Å². The maximum absolute atomic E-state index is 9.84. The summed E-state index contributed by atoms with van der Waals surface area (Å²) in [6.45, 7) is 2.48. The number of rotatable bonds is 12. The van der Waals surface area contributed by atoms with Gasteiger partial charge in [0.15, 0.2) is 0 Å². The summed E-state index contributed by atoms with van der Waals surface area (Å²) in [4.78, 5) is 16.1. The van der Waals surface area contributed by atoms with Crippen LogP contribution in [0.2, 0.25) is 0 Å². The van der Waals surface area contributed by atoms with E-state index in [-0.39, 0.29) is 6.61 Å². The molecule has 0 unspecified atom stereocenters. The molecule has 0 radical (unpaired) electrons. The first-order valence-electron chi connectivity index (χ1n) is 7.89. The fraction of sp³-hybridized carbons (Fsp3) is 1.00. The van der Waals surface area contributed by atoms with Gasteiger partial charge in [0, 0.05) is 0 Å². The van der Waals surface area contributed by atoms with Crippen molar-refractivity contribution in [1.82, 2.24) is 4.90 Å². The zero-order valence-corrected chi connectivity index (χ0v) is 13.9.